The van der Waals surface area contributed by atoms with Gasteiger partial charge in [0, 0.05) is 12.2 Å². The smallest absolute Gasteiger partial charge is 0.337 e. The van der Waals surface area contributed by atoms with Crippen LogP contribution in [0, 0.1) is 6.92 Å². The Kier molecular flexibility index (Phi) is 5.51. The number of hydrogen-bond donors (Lipinski definition) is 5. The molecular formula is C12H20N4O4. The maximum Gasteiger partial charge on any atom is 0.337 e. The minimum Gasteiger partial charge on any atom is -0.479 e. The second kappa shape index (κ2) is 6.90. The van der Waals surface area contributed by atoms with Crippen LogP contribution >= 0.6 is 0 Å². The molecule has 0 aliphatic carbocycles. The van der Waals surface area contributed by atoms with Crippen LogP contribution in [0.3, 0.4) is 0 Å². The summed E-state index contributed by atoms with van der Waals surface area (Å²) in [5.41, 5.74) is 0.138. The number of aryl methyl sites for hydroxylation is 2. The van der Waals surface area contributed by atoms with Crippen molar-refractivity contribution in [3.8, 4) is 0 Å². The first-order valence-corrected chi connectivity index (χ1v) is 6.29. The average molecular weight is 284 g/mol. The van der Waals surface area contributed by atoms with Gasteiger partial charge >= 0.3 is 12.0 Å². The fourth-order valence-electron chi connectivity index (χ4n) is 1.50. The summed E-state index contributed by atoms with van der Waals surface area (Å²) in [6.07, 6.45) is 3.28. The fourth-order valence-corrected chi connectivity index (χ4v) is 1.50. The predicted molar refractivity (Wildman–Crippen MR) is 71.3 cm³/mol. The van der Waals surface area contributed by atoms with E-state index in [-0.39, 0.29) is 6.54 Å². The quantitative estimate of drug-likeness (QED) is 0.442. The SMILES string of the molecule is Cc1[nH]ncc1CCCNC(=O)NCC(C)(O)C(=O)O. The molecule has 0 radical (unpaired) electrons. The number of H-pyrrole nitrogens is 1. The molecule has 0 bridgehead atoms. The van der Waals surface area contributed by atoms with Gasteiger partial charge < -0.3 is 20.8 Å². The highest BCUT2D eigenvalue weighted by atomic mass is 16.4. The van der Waals surface area contributed by atoms with Crippen LogP contribution in [0.2, 0.25) is 0 Å². The Balaban J connectivity index is 2.18. The van der Waals surface area contributed by atoms with E-state index in [9.17, 15) is 14.7 Å². The van der Waals surface area contributed by atoms with Gasteiger partial charge in [0.05, 0.1) is 12.7 Å². The van der Waals surface area contributed by atoms with Gasteiger partial charge in [0.1, 0.15) is 0 Å². The number of rotatable bonds is 7. The van der Waals surface area contributed by atoms with E-state index < -0.39 is 17.6 Å². The number of aromatic nitrogens is 2. The van der Waals surface area contributed by atoms with Gasteiger partial charge in [-0.15, -0.1) is 0 Å². The van der Waals surface area contributed by atoms with E-state index >= 15 is 0 Å². The molecule has 0 aromatic carbocycles. The second-order valence-electron chi connectivity index (χ2n) is 4.81. The normalized spacial score (nSPS) is 13.6. The first kappa shape index (κ1) is 16.0. The standard InChI is InChI=1S/C12H20N4O4/c1-8-9(6-15-16-8)4-3-5-13-11(19)14-7-12(2,20)10(17)18/h6,20H,3-5,7H2,1-2H3,(H,15,16)(H,17,18)(H2,13,14,19). The van der Waals surface area contributed by atoms with E-state index in [1.54, 1.807) is 6.20 Å². The molecule has 5 N–H and O–H groups in total. The Bertz CT molecular complexity index is 470. The summed E-state index contributed by atoms with van der Waals surface area (Å²) in [4.78, 5) is 22.0. The number of carbonyl (C=O) groups excluding carboxylic acids is 1. The van der Waals surface area contributed by atoms with Gasteiger partial charge in [-0.1, -0.05) is 0 Å². The van der Waals surface area contributed by atoms with Crippen LogP contribution < -0.4 is 10.6 Å². The average Bonchev–Trinajstić information content (AvgIpc) is 2.78. The van der Waals surface area contributed by atoms with E-state index in [1.165, 1.54) is 0 Å². The fraction of sp³-hybridized carbons (Fsp3) is 0.583. The molecule has 2 amide bonds. The first-order chi connectivity index (χ1) is 9.33. The van der Waals surface area contributed by atoms with Crippen LogP contribution in [0.5, 0.6) is 0 Å². The monoisotopic (exact) mass is 284 g/mol. The lowest BCUT2D eigenvalue weighted by atomic mass is 10.1. The summed E-state index contributed by atoms with van der Waals surface area (Å²) in [6, 6.07) is -0.504. The number of aliphatic hydroxyl groups is 1. The number of nitrogens with zero attached hydrogens (tertiary/aromatic N) is 1. The van der Waals surface area contributed by atoms with Gasteiger partial charge in [-0.3, -0.25) is 5.10 Å². The lowest BCUT2D eigenvalue weighted by Crippen LogP contribution is -2.49. The third kappa shape index (κ3) is 4.88. The highest BCUT2D eigenvalue weighted by Gasteiger charge is 2.30. The van der Waals surface area contributed by atoms with E-state index in [0.717, 1.165) is 31.0 Å². The van der Waals surface area contributed by atoms with Crippen LogP contribution in [0.25, 0.3) is 0 Å². The molecule has 1 atom stereocenters. The third-order valence-corrected chi connectivity index (χ3v) is 2.90. The van der Waals surface area contributed by atoms with E-state index in [2.05, 4.69) is 20.8 Å². The maximum absolute atomic E-state index is 11.4. The number of hydrogen-bond acceptors (Lipinski definition) is 4. The van der Waals surface area contributed by atoms with E-state index in [0.29, 0.717) is 6.54 Å². The zero-order valence-corrected chi connectivity index (χ0v) is 11.6. The molecule has 8 heteroatoms. The number of urea groups is 1. The summed E-state index contributed by atoms with van der Waals surface area (Å²) in [5.74, 6) is -1.38. The van der Waals surface area contributed by atoms with Gasteiger partial charge in [0.2, 0.25) is 0 Å². The van der Waals surface area contributed by atoms with Gasteiger partial charge in [0.15, 0.2) is 5.60 Å². The molecule has 1 aromatic heterocycles. The molecular weight excluding hydrogens is 264 g/mol. The van der Waals surface area contributed by atoms with Crippen LogP contribution in [-0.4, -0.2) is 51.1 Å². The van der Waals surface area contributed by atoms with Crippen LogP contribution in [0.4, 0.5) is 4.79 Å². The highest BCUT2D eigenvalue weighted by molar-refractivity contribution is 5.79. The topological polar surface area (TPSA) is 127 Å². The van der Waals surface area contributed by atoms with Crippen molar-refractivity contribution in [1.82, 2.24) is 20.8 Å². The number of nitrogens with one attached hydrogen (secondary N) is 3. The van der Waals surface area contributed by atoms with Gasteiger partial charge in [-0.2, -0.15) is 5.10 Å². The van der Waals surface area contributed by atoms with Crippen molar-refractivity contribution >= 4 is 12.0 Å². The molecule has 0 aliphatic heterocycles. The Hall–Kier alpha value is -2.09. The number of carboxylic acids is 1. The van der Waals surface area contributed by atoms with Gasteiger partial charge in [0.25, 0.3) is 0 Å². The Morgan fingerprint density at radius 1 is 1.45 bits per heavy atom. The number of aromatic amines is 1. The van der Waals surface area contributed by atoms with Crippen molar-refractivity contribution in [2.24, 2.45) is 0 Å². The summed E-state index contributed by atoms with van der Waals surface area (Å²) in [5, 5.41) is 29.7. The molecule has 8 nitrogen and oxygen atoms in total. The van der Waals surface area contributed by atoms with E-state index in [1.807, 2.05) is 6.92 Å². The van der Waals surface area contributed by atoms with Crippen molar-refractivity contribution < 1.29 is 19.8 Å². The Morgan fingerprint density at radius 3 is 2.70 bits per heavy atom. The van der Waals surface area contributed by atoms with Gasteiger partial charge in [-0.05, 0) is 32.3 Å². The Morgan fingerprint density at radius 2 is 2.15 bits per heavy atom. The molecule has 0 saturated carbocycles. The summed E-state index contributed by atoms with van der Waals surface area (Å²) in [6.45, 7) is 3.15. The molecule has 112 valence electrons. The van der Waals surface area contributed by atoms with Crippen molar-refractivity contribution in [1.29, 1.82) is 0 Å². The largest absolute Gasteiger partial charge is 0.479 e. The van der Waals surface area contributed by atoms with Crippen molar-refractivity contribution in [3.05, 3.63) is 17.5 Å². The van der Waals surface area contributed by atoms with Crippen molar-refractivity contribution in [2.75, 3.05) is 13.1 Å². The molecule has 1 unspecified atom stereocenters. The maximum atomic E-state index is 11.4. The number of carboxylic acid groups (broad SMARTS) is 1. The van der Waals surface area contributed by atoms with E-state index in [4.69, 9.17) is 5.11 Å². The molecule has 0 aliphatic rings. The zero-order chi connectivity index (χ0) is 15.2. The minimum absolute atomic E-state index is 0.352. The first-order valence-electron chi connectivity index (χ1n) is 6.29. The second-order valence-corrected chi connectivity index (χ2v) is 4.81. The lowest BCUT2D eigenvalue weighted by Gasteiger charge is -2.18. The number of amides is 2. The van der Waals surface area contributed by atoms with Crippen LogP contribution in [-0.2, 0) is 11.2 Å². The lowest BCUT2D eigenvalue weighted by molar-refractivity contribution is -0.155. The van der Waals surface area contributed by atoms with Crippen molar-refractivity contribution in [2.45, 2.75) is 32.3 Å². The summed E-state index contributed by atoms with van der Waals surface area (Å²) in [7, 11) is 0. The zero-order valence-electron chi connectivity index (χ0n) is 11.6. The summed E-state index contributed by atoms with van der Waals surface area (Å²) < 4.78 is 0. The molecule has 1 aromatic rings. The van der Waals surface area contributed by atoms with Crippen LogP contribution in [0.1, 0.15) is 24.6 Å². The third-order valence-electron chi connectivity index (χ3n) is 2.90. The molecule has 0 saturated heterocycles. The predicted octanol–water partition coefficient (Wildman–Crippen LogP) is -0.214. The molecule has 0 fully saturated rings. The molecule has 1 rings (SSSR count). The molecule has 20 heavy (non-hydrogen) atoms. The minimum atomic E-state index is -1.97. The summed E-state index contributed by atoms with van der Waals surface area (Å²) >= 11 is 0. The molecule has 1 heterocycles. The number of carbonyl (C=O) groups is 2. The molecule has 0 spiro atoms. The van der Waals surface area contributed by atoms with Crippen molar-refractivity contribution in [3.63, 3.8) is 0 Å². The highest BCUT2D eigenvalue weighted by Crippen LogP contribution is 2.05. The van der Waals surface area contributed by atoms with Gasteiger partial charge in [-0.25, -0.2) is 9.59 Å². The number of aliphatic carboxylic acids is 1. The Labute approximate surface area is 116 Å². The van der Waals surface area contributed by atoms with Crippen LogP contribution in [0.15, 0.2) is 6.20 Å².